The molecular formula is C19H17BrN2O3. The average molecular weight is 401 g/mol. The first kappa shape index (κ1) is 17.3. The first-order chi connectivity index (χ1) is 12.1. The number of halogens is 1. The average Bonchev–Trinajstić information content (AvgIpc) is 2.65. The molecule has 3 aromatic rings. The molecule has 0 saturated carbocycles. The van der Waals surface area contributed by atoms with Crippen LogP contribution in [0.1, 0.15) is 15.9 Å². The maximum Gasteiger partial charge on any atom is 0.265 e. The molecule has 6 heteroatoms. The second kappa shape index (κ2) is 7.55. The number of hydrogen-bond acceptors (Lipinski definition) is 4. The zero-order valence-corrected chi connectivity index (χ0v) is 15.2. The summed E-state index contributed by atoms with van der Waals surface area (Å²) in [6, 6.07) is 17.5. The molecule has 5 nitrogen and oxygen atoms in total. The fourth-order valence-corrected chi connectivity index (χ4v) is 3.20. The molecule has 0 fully saturated rings. The largest absolute Gasteiger partial charge is 0.493 e. The van der Waals surface area contributed by atoms with Gasteiger partial charge in [-0.2, -0.15) is 0 Å². The molecule has 3 N–H and O–H groups in total. The number of carbonyl (C=O) groups is 1. The zero-order valence-electron chi connectivity index (χ0n) is 13.6. The quantitative estimate of drug-likeness (QED) is 0.388. The van der Waals surface area contributed by atoms with E-state index in [1.807, 2.05) is 24.3 Å². The number of carbonyl (C=O) groups excluding carboxylic acids is 1. The van der Waals surface area contributed by atoms with E-state index in [-0.39, 0.29) is 0 Å². The minimum Gasteiger partial charge on any atom is -0.493 e. The normalized spacial score (nSPS) is 10.5. The van der Waals surface area contributed by atoms with Crippen LogP contribution in [0, 0.1) is 0 Å². The van der Waals surface area contributed by atoms with Gasteiger partial charge in [-0.3, -0.25) is 10.2 Å². The number of amides is 1. The van der Waals surface area contributed by atoms with E-state index in [0.29, 0.717) is 28.1 Å². The van der Waals surface area contributed by atoms with E-state index in [4.69, 9.17) is 15.3 Å². The van der Waals surface area contributed by atoms with E-state index in [0.717, 1.165) is 16.3 Å². The van der Waals surface area contributed by atoms with Gasteiger partial charge in [-0.25, -0.2) is 5.84 Å². The molecule has 0 radical (unpaired) electrons. The van der Waals surface area contributed by atoms with E-state index in [1.54, 1.807) is 12.1 Å². The van der Waals surface area contributed by atoms with Gasteiger partial charge in [-0.15, -0.1) is 0 Å². The van der Waals surface area contributed by atoms with Crippen LogP contribution in [-0.2, 0) is 6.61 Å². The van der Waals surface area contributed by atoms with Gasteiger partial charge in [-0.1, -0.05) is 42.5 Å². The summed E-state index contributed by atoms with van der Waals surface area (Å²) in [7, 11) is 1.52. The second-order valence-electron chi connectivity index (χ2n) is 5.39. The maximum atomic E-state index is 11.7. The van der Waals surface area contributed by atoms with Crippen LogP contribution in [0.3, 0.4) is 0 Å². The molecule has 0 aliphatic carbocycles. The van der Waals surface area contributed by atoms with Crippen molar-refractivity contribution in [3.8, 4) is 11.5 Å². The van der Waals surface area contributed by atoms with Crippen molar-refractivity contribution in [2.24, 2.45) is 5.84 Å². The second-order valence-corrected chi connectivity index (χ2v) is 6.24. The number of benzene rings is 3. The molecule has 128 valence electrons. The zero-order chi connectivity index (χ0) is 17.8. The number of rotatable bonds is 5. The lowest BCUT2D eigenvalue weighted by Crippen LogP contribution is -2.30. The summed E-state index contributed by atoms with van der Waals surface area (Å²) in [4.78, 5) is 11.7. The van der Waals surface area contributed by atoms with E-state index < -0.39 is 5.91 Å². The van der Waals surface area contributed by atoms with Crippen molar-refractivity contribution in [2.45, 2.75) is 6.61 Å². The van der Waals surface area contributed by atoms with Crippen LogP contribution < -0.4 is 20.7 Å². The smallest absolute Gasteiger partial charge is 0.265 e. The molecule has 0 spiro atoms. The number of fused-ring (bicyclic) bond motifs is 1. The van der Waals surface area contributed by atoms with Gasteiger partial charge in [0.05, 0.1) is 11.6 Å². The minimum absolute atomic E-state index is 0.374. The number of nitrogens with one attached hydrogen (secondary N) is 1. The fraction of sp³-hybridized carbons (Fsp3) is 0.105. The first-order valence-corrected chi connectivity index (χ1v) is 8.41. The van der Waals surface area contributed by atoms with Crippen LogP contribution in [0.5, 0.6) is 11.5 Å². The van der Waals surface area contributed by atoms with Gasteiger partial charge in [0, 0.05) is 5.56 Å². The molecule has 3 rings (SSSR count). The Morgan fingerprint density at radius 2 is 1.92 bits per heavy atom. The van der Waals surface area contributed by atoms with Gasteiger partial charge in [-0.05, 0) is 44.4 Å². The molecule has 3 aromatic carbocycles. The molecule has 25 heavy (non-hydrogen) atoms. The molecule has 0 aromatic heterocycles. The van der Waals surface area contributed by atoms with Crippen molar-refractivity contribution in [3.05, 3.63) is 70.2 Å². The van der Waals surface area contributed by atoms with Crippen molar-refractivity contribution in [1.29, 1.82) is 0 Å². The summed E-state index contributed by atoms with van der Waals surface area (Å²) in [5.74, 6) is 5.76. The Bertz CT molecular complexity index is 922. The number of nitrogen functional groups attached to an aromatic ring is 1. The third kappa shape index (κ3) is 3.60. The van der Waals surface area contributed by atoms with Gasteiger partial charge in [0.25, 0.3) is 5.91 Å². The highest BCUT2D eigenvalue weighted by molar-refractivity contribution is 9.10. The summed E-state index contributed by atoms with van der Waals surface area (Å²) in [6.07, 6.45) is 0. The molecule has 0 aliphatic heterocycles. The van der Waals surface area contributed by atoms with E-state index in [2.05, 4.69) is 39.6 Å². The Labute approximate surface area is 153 Å². The lowest BCUT2D eigenvalue weighted by molar-refractivity contribution is 0.0953. The standard InChI is InChI=1S/C19H17BrN2O3/c1-24-17-10-14(19(23)22-21)9-16(20)18(17)25-11-13-7-4-6-12-5-2-3-8-15(12)13/h2-10H,11,21H2,1H3,(H,22,23). The Morgan fingerprint density at radius 1 is 1.16 bits per heavy atom. The summed E-state index contributed by atoms with van der Waals surface area (Å²) < 4.78 is 12.0. The van der Waals surface area contributed by atoms with Crippen molar-refractivity contribution in [1.82, 2.24) is 5.43 Å². The van der Waals surface area contributed by atoms with Crippen LogP contribution in [-0.4, -0.2) is 13.0 Å². The Balaban J connectivity index is 1.91. The van der Waals surface area contributed by atoms with Gasteiger partial charge in [0.1, 0.15) is 6.61 Å². The van der Waals surface area contributed by atoms with Gasteiger partial charge >= 0.3 is 0 Å². The van der Waals surface area contributed by atoms with Crippen LogP contribution in [0.2, 0.25) is 0 Å². The fourth-order valence-electron chi connectivity index (χ4n) is 2.64. The number of hydrazine groups is 1. The van der Waals surface area contributed by atoms with Crippen molar-refractivity contribution >= 4 is 32.6 Å². The molecule has 0 atom stereocenters. The minimum atomic E-state index is -0.403. The van der Waals surface area contributed by atoms with Gasteiger partial charge < -0.3 is 9.47 Å². The summed E-state index contributed by atoms with van der Waals surface area (Å²) in [6.45, 7) is 0.374. The van der Waals surface area contributed by atoms with Crippen molar-refractivity contribution in [2.75, 3.05) is 7.11 Å². The van der Waals surface area contributed by atoms with Gasteiger partial charge in [0.2, 0.25) is 0 Å². The van der Waals surface area contributed by atoms with E-state index in [1.165, 1.54) is 7.11 Å². The third-order valence-electron chi connectivity index (χ3n) is 3.87. The van der Waals surface area contributed by atoms with Crippen LogP contribution in [0.4, 0.5) is 0 Å². The third-order valence-corrected chi connectivity index (χ3v) is 4.46. The summed E-state index contributed by atoms with van der Waals surface area (Å²) >= 11 is 3.43. The predicted octanol–water partition coefficient (Wildman–Crippen LogP) is 3.79. The lowest BCUT2D eigenvalue weighted by Gasteiger charge is -2.15. The number of ether oxygens (including phenoxy) is 2. The molecule has 0 bridgehead atoms. The van der Waals surface area contributed by atoms with Crippen molar-refractivity contribution < 1.29 is 14.3 Å². The van der Waals surface area contributed by atoms with Gasteiger partial charge in [0.15, 0.2) is 11.5 Å². The highest BCUT2D eigenvalue weighted by atomic mass is 79.9. The summed E-state index contributed by atoms with van der Waals surface area (Å²) in [5, 5.41) is 2.30. The molecular weight excluding hydrogens is 384 g/mol. The number of methoxy groups -OCH3 is 1. The topological polar surface area (TPSA) is 73.6 Å². The van der Waals surface area contributed by atoms with Crippen molar-refractivity contribution in [3.63, 3.8) is 0 Å². The monoisotopic (exact) mass is 400 g/mol. The maximum absolute atomic E-state index is 11.7. The SMILES string of the molecule is COc1cc(C(=O)NN)cc(Br)c1OCc1cccc2ccccc12. The van der Waals surface area contributed by atoms with Crippen LogP contribution in [0.25, 0.3) is 10.8 Å². The first-order valence-electron chi connectivity index (χ1n) is 7.62. The molecule has 0 unspecified atom stereocenters. The van der Waals surface area contributed by atoms with Crippen LogP contribution in [0.15, 0.2) is 59.1 Å². The molecule has 0 aliphatic rings. The Kier molecular flexibility index (Phi) is 5.21. The van der Waals surface area contributed by atoms with Crippen LogP contribution >= 0.6 is 15.9 Å². The number of nitrogens with two attached hydrogens (primary N) is 1. The number of hydrogen-bond donors (Lipinski definition) is 2. The van der Waals surface area contributed by atoms with E-state index >= 15 is 0 Å². The Hall–Kier alpha value is -2.57. The highest BCUT2D eigenvalue weighted by Gasteiger charge is 2.15. The molecule has 1 amide bonds. The molecule has 0 heterocycles. The highest BCUT2D eigenvalue weighted by Crippen LogP contribution is 2.37. The Morgan fingerprint density at radius 3 is 2.68 bits per heavy atom. The van der Waals surface area contributed by atoms with E-state index in [9.17, 15) is 4.79 Å². The predicted molar refractivity (Wildman–Crippen MR) is 101 cm³/mol. The molecule has 0 saturated heterocycles. The lowest BCUT2D eigenvalue weighted by atomic mass is 10.1. The summed E-state index contributed by atoms with van der Waals surface area (Å²) in [5.41, 5.74) is 3.55.